The summed E-state index contributed by atoms with van der Waals surface area (Å²) >= 11 is 0. The second-order valence-corrected chi connectivity index (χ2v) is 15.2. The molecule has 5 aliphatic rings. The third-order valence-corrected chi connectivity index (χ3v) is 11.2. The Morgan fingerprint density at radius 3 is 2.53 bits per heavy atom. The maximum atomic E-state index is 14.1. The van der Waals surface area contributed by atoms with E-state index in [1.807, 2.05) is 12.1 Å². The molecule has 1 amide bonds. The van der Waals surface area contributed by atoms with E-state index in [-0.39, 0.29) is 22.8 Å². The number of carbonyl (C=O) groups excluding carboxylic acids is 1. The molecular weight excluding hydrogens is 659 g/mol. The number of para-hydroxylation sites is 1. The van der Waals surface area contributed by atoms with Crippen molar-refractivity contribution in [2.75, 3.05) is 37.9 Å². The van der Waals surface area contributed by atoms with Crippen molar-refractivity contribution in [2.45, 2.75) is 89.2 Å². The summed E-state index contributed by atoms with van der Waals surface area (Å²) in [5.41, 5.74) is 0.186. The van der Waals surface area contributed by atoms with Gasteiger partial charge in [-0.2, -0.15) is 18.2 Å². The Labute approximate surface area is 297 Å². The molecule has 4 bridgehead atoms. The van der Waals surface area contributed by atoms with Crippen LogP contribution < -0.4 is 30.7 Å². The van der Waals surface area contributed by atoms with Gasteiger partial charge in [-0.05, 0) is 87.0 Å². The largest absolute Gasteiger partial charge is 0.494 e. The Kier molecular flexibility index (Phi) is 9.55. The topological polar surface area (TPSA) is 113 Å². The average molecular weight is 708 g/mol. The molecule has 5 fully saturated rings. The number of methoxy groups -OCH3 is 1. The highest BCUT2D eigenvalue weighted by Crippen LogP contribution is 2.58. The zero-order valence-corrected chi connectivity index (χ0v) is 29.9. The smallest absolute Gasteiger partial charge is 0.421 e. The van der Waals surface area contributed by atoms with Gasteiger partial charge in [-0.1, -0.05) is 26.0 Å². The van der Waals surface area contributed by atoms with Crippen molar-refractivity contribution < 1.29 is 27.4 Å². The van der Waals surface area contributed by atoms with Gasteiger partial charge in [0.1, 0.15) is 28.5 Å². The number of nitrogens with zero attached hydrogens (tertiary/aromatic N) is 3. The zero-order valence-electron chi connectivity index (χ0n) is 29.9. The Hall–Kier alpha value is -4.10. The number of hydrogen-bond donors (Lipinski definition) is 4. The molecule has 4 aliphatic carbocycles. The van der Waals surface area contributed by atoms with E-state index in [1.54, 1.807) is 25.1 Å². The molecule has 2 aromatic carbocycles. The van der Waals surface area contributed by atoms with Crippen molar-refractivity contribution in [1.29, 1.82) is 0 Å². The number of aromatic nitrogens is 2. The predicted octanol–water partition coefficient (Wildman–Crippen LogP) is 7.06. The van der Waals surface area contributed by atoms with Crippen LogP contribution in [0.3, 0.4) is 0 Å². The molecular formula is C38H48F3N7O3. The van der Waals surface area contributed by atoms with Crippen LogP contribution in [0.5, 0.6) is 11.5 Å². The number of nitrogens with one attached hydrogen (secondary N) is 4. The first-order valence-corrected chi connectivity index (χ1v) is 18.0. The maximum absolute atomic E-state index is 14.1. The minimum Gasteiger partial charge on any atom is -0.494 e. The molecule has 2 heterocycles. The molecule has 1 aliphatic heterocycles. The van der Waals surface area contributed by atoms with Crippen LogP contribution >= 0.6 is 0 Å². The second kappa shape index (κ2) is 13.8. The first-order valence-electron chi connectivity index (χ1n) is 18.0. The molecule has 274 valence electrons. The summed E-state index contributed by atoms with van der Waals surface area (Å²) in [6.07, 6.45) is 2.89. The third kappa shape index (κ3) is 7.19. The lowest BCUT2D eigenvalue weighted by Crippen LogP contribution is -2.63. The van der Waals surface area contributed by atoms with Gasteiger partial charge < -0.3 is 30.7 Å². The number of ether oxygens (including phenoxy) is 2. The number of carbonyl (C=O) groups is 1. The van der Waals surface area contributed by atoms with Crippen LogP contribution in [0.15, 0.2) is 42.6 Å². The van der Waals surface area contributed by atoms with Crippen LogP contribution in [0.2, 0.25) is 0 Å². The lowest BCUT2D eigenvalue weighted by Gasteiger charge is -2.61. The van der Waals surface area contributed by atoms with Crippen molar-refractivity contribution >= 4 is 29.0 Å². The fraction of sp³-hybridized carbons (Fsp3) is 0.553. The molecule has 13 heteroatoms. The third-order valence-electron chi connectivity index (χ3n) is 11.2. The van der Waals surface area contributed by atoms with Gasteiger partial charge in [0.25, 0.3) is 5.91 Å². The molecule has 0 spiro atoms. The molecule has 3 aromatic rings. The first-order chi connectivity index (χ1) is 24.3. The van der Waals surface area contributed by atoms with Crippen molar-refractivity contribution in [1.82, 2.24) is 25.5 Å². The van der Waals surface area contributed by atoms with Crippen molar-refractivity contribution in [2.24, 2.45) is 17.8 Å². The highest BCUT2D eigenvalue weighted by atomic mass is 19.4. The van der Waals surface area contributed by atoms with E-state index in [2.05, 4.69) is 50.0 Å². The van der Waals surface area contributed by atoms with Gasteiger partial charge in [-0.3, -0.25) is 9.69 Å². The summed E-state index contributed by atoms with van der Waals surface area (Å²) in [7, 11) is 3.00. The Morgan fingerprint density at radius 2 is 1.84 bits per heavy atom. The summed E-state index contributed by atoms with van der Waals surface area (Å²) in [4.78, 5) is 23.5. The fourth-order valence-corrected chi connectivity index (χ4v) is 9.54. The van der Waals surface area contributed by atoms with E-state index in [4.69, 9.17) is 9.47 Å². The van der Waals surface area contributed by atoms with Gasteiger partial charge in [0.05, 0.1) is 24.0 Å². The Bertz CT molecular complexity index is 1750. The quantitative estimate of drug-likeness (QED) is 0.167. The predicted molar refractivity (Wildman–Crippen MR) is 190 cm³/mol. The Morgan fingerprint density at radius 1 is 1.08 bits per heavy atom. The molecule has 4 saturated carbocycles. The molecule has 8 rings (SSSR count). The van der Waals surface area contributed by atoms with Crippen LogP contribution in [0.4, 0.5) is 36.3 Å². The summed E-state index contributed by atoms with van der Waals surface area (Å²) in [6.45, 7) is 8.44. The number of halogens is 3. The molecule has 1 saturated heterocycles. The molecule has 10 nitrogen and oxygen atoms in total. The number of amides is 1. The van der Waals surface area contributed by atoms with E-state index < -0.39 is 23.5 Å². The maximum Gasteiger partial charge on any atom is 0.421 e. The van der Waals surface area contributed by atoms with Crippen molar-refractivity contribution in [3.8, 4) is 11.5 Å². The van der Waals surface area contributed by atoms with E-state index in [9.17, 15) is 18.0 Å². The van der Waals surface area contributed by atoms with Gasteiger partial charge in [0.15, 0.2) is 0 Å². The van der Waals surface area contributed by atoms with Crippen LogP contribution in [-0.2, 0) is 6.18 Å². The monoisotopic (exact) mass is 707 g/mol. The SMILES string of the molecule is CNC(=O)c1cccc(C)c1Nc1nc(Nc2ccc(OC34CC5CC(C3)C(N3CC[C@H](NC(C)C)C3)C(C5)C4)cc2OC)ncc1C(F)(F)F. The highest BCUT2D eigenvalue weighted by molar-refractivity contribution is 6.00. The summed E-state index contributed by atoms with van der Waals surface area (Å²) < 4.78 is 54.9. The van der Waals surface area contributed by atoms with Gasteiger partial charge in [-0.25, -0.2) is 4.98 Å². The number of alkyl halides is 3. The van der Waals surface area contributed by atoms with Gasteiger partial charge in [-0.15, -0.1) is 0 Å². The van der Waals surface area contributed by atoms with Gasteiger partial charge in [0, 0.05) is 50.5 Å². The van der Waals surface area contributed by atoms with E-state index in [0.29, 0.717) is 58.6 Å². The molecule has 4 N–H and O–H groups in total. The van der Waals surface area contributed by atoms with Gasteiger partial charge >= 0.3 is 6.18 Å². The first kappa shape index (κ1) is 35.3. The molecule has 1 aromatic heterocycles. The lowest BCUT2D eigenvalue weighted by atomic mass is 9.52. The van der Waals surface area contributed by atoms with E-state index >= 15 is 0 Å². The van der Waals surface area contributed by atoms with Crippen LogP contribution in [-0.4, -0.2) is 71.7 Å². The molecule has 3 atom stereocenters. The van der Waals surface area contributed by atoms with Crippen molar-refractivity contribution in [3.05, 3.63) is 59.3 Å². The summed E-state index contributed by atoms with van der Waals surface area (Å²) in [6, 6.07) is 12.1. The molecule has 0 radical (unpaired) electrons. The number of aryl methyl sites for hydroxylation is 1. The van der Waals surface area contributed by atoms with Crippen LogP contribution in [0.25, 0.3) is 0 Å². The standard InChI is InChI=1S/C38H48F3N7O3/c1-21(2)44-26-11-12-48(20-26)33-24-13-23-14-25(33)18-37(16-23,17-24)51-27-9-10-30(31(15-27)50-5)45-36-43-19-29(38(39,40)41)34(47-36)46-32-22(3)7-6-8-28(32)35(49)42-4/h6-10,15,19,21,23-26,33,44H,11-14,16-18,20H2,1-5H3,(H,42,49)(H2,43,45,46,47)/t23?,24?,25?,26-,33?,37?/m0/s1. The van der Waals surface area contributed by atoms with Crippen LogP contribution in [0, 0.1) is 24.7 Å². The fourth-order valence-electron chi connectivity index (χ4n) is 9.54. The molecule has 2 unspecified atom stereocenters. The van der Waals surface area contributed by atoms with E-state index in [0.717, 1.165) is 38.5 Å². The number of benzene rings is 2. The van der Waals surface area contributed by atoms with Crippen molar-refractivity contribution in [3.63, 3.8) is 0 Å². The van der Waals surface area contributed by atoms with Gasteiger partial charge in [0.2, 0.25) is 5.95 Å². The molecule has 51 heavy (non-hydrogen) atoms. The minimum atomic E-state index is -4.74. The number of hydrogen-bond acceptors (Lipinski definition) is 9. The van der Waals surface area contributed by atoms with E-state index in [1.165, 1.54) is 39.5 Å². The highest BCUT2D eigenvalue weighted by Gasteiger charge is 2.58. The minimum absolute atomic E-state index is 0.0765. The normalized spacial score (nSPS) is 27.1. The van der Waals surface area contributed by atoms with Crippen LogP contribution in [0.1, 0.15) is 73.9 Å². The second-order valence-electron chi connectivity index (χ2n) is 15.2. The number of anilines is 4. The average Bonchev–Trinajstić information content (AvgIpc) is 3.52. The summed E-state index contributed by atoms with van der Waals surface area (Å²) in [5.74, 6) is 2.09. The zero-order chi connectivity index (χ0) is 36.1. The lowest BCUT2D eigenvalue weighted by molar-refractivity contribution is -0.144. The summed E-state index contributed by atoms with van der Waals surface area (Å²) in [5, 5.41) is 12.1. The Balaban J connectivity index is 1.09. The number of likely N-dealkylation sites (tertiary alicyclic amines) is 1. The number of rotatable bonds is 11.